The molecule has 0 radical (unpaired) electrons. The van der Waals surface area contributed by atoms with Gasteiger partial charge in [0.25, 0.3) is 0 Å². The van der Waals surface area contributed by atoms with Crippen molar-refractivity contribution in [2.45, 2.75) is 25.9 Å². The topological polar surface area (TPSA) is 61.8 Å². The number of benzene rings is 1. The first kappa shape index (κ1) is 19.3. The fraction of sp³-hybridized carbons (Fsp3) is 0.400. The number of methoxy groups -OCH3 is 1. The number of halogens is 1. The number of pyridine rings is 1. The molecule has 2 N–H and O–H groups in total. The lowest BCUT2D eigenvalue weighted by Crippen LogP contribution is -2.44. The molecule has 1 aromatic carbocycles. The highest BCUT2D eigenvalue weighted by Crippen LogP contribution is 2.23. The maximum atomic E-state index is 6.12. The fourth-order valence-corrected chi connectivity index (χ4v) is 3.30. The van der Waals surface area contributed by atoms with Crippen LogP contribution in [0.3, 0.4) is 0 Å². The molecule has 6 nitrogen and oxygen atoms in total. The number of hydrogen-bond donors (Lipinski definition) is 2. The van der Waals surface area contributed by atoms with Gasteiger partial charge in [-0.25, -0.2) is 9.98 Å². The minimum Gasteiger partial charge on any atom is -0.481 e. The van der Waals surface area contributed by atoms with Gasteiger partial charge in [0.2, 0.25) is 5.88 Å². The van der Waals surface area contributed by atoms with Crippen molar-refractivity contribution in [2.75, 3.05) is 31.6 Å². The maximum Gasteiger partial charge on any atom is 0.213 e. The Labute approximate surface area is 165 Å². The molecule has 1 atom stereocenters. The number of nitrogens with zero attached hydrogens (tertiary/aromatic N) is 3. The quantitative estimate of drug-likeness (QED) is 0.589. The van der Waals surface area contributed by atoms with Gasteiger partial charge in [0.15, 0.2) is 5.96 Å². The SMILES string of the molecule is CCNC(=NCc1cccc(OC)n1)NC1CCN(c2cccc(Cl)c2)C1. The Kier molecular flexibility index (Phi) is 6.76. The van der Waals surface area contributed by atoms with Crippen LogP contribution in [0.5, 0.6) is 5.88 Å². The second-order valence-corrected chi connectivity index (χ2v) is 6.86. The molecule has 0 saturated carbocycles. The monoisotopic (exact) mass is 387 g/mol. The highest BCUT2D eigenvalue weighted by Gasteiger charge is 2.23. The van der Waals surface area contributed by atoms with Crippen LogP contribution in [-0.2, 0) is 6.54 Å². The van der Waals surface area contributed by atoms with Crippen LogP contribution in [0, 0.1) is 0 Å². The van der Waals surface area contributed by atoms with E-state index in [1.165, 1.54) is 0 Å². The van der Waals surface area contributed by atoms with Crippen molar-refractivity contribution in [3.63, 3.8) is 0 Å². The minimum absolute atomic E-state index is 0.333. The van der Waals surface area contributed by atoms with Gasteiger partial charge in [-0.3, -0.25) is 0 Å². The van der Waals surface area contributed by atoms with Crippen molar-refractivity contribution >= 4 is 23.2 Å². The Morgan fingerprint density at radius 2 is 2.19 bits per heavy atom. The number of rotatable bonds is 6. The largest absolute Gasteiger partial charge is 0.481 e. The summed E-state index contributed by atoms with van der Waals surface area (Å²) in [6.07, 6.45) is 1.05. The molecule has 0 amide bonds. The summed E-state index contributed by atoms with van der Waals surface area (Å²) < 4.78 is 5.17. The lowest BCUT2D eigenvalue weighted by Gasteiger charge is -2.20. The van der Waals surface area contributed by atoms with Crippen molar-refractivity contribution in [1.29, 1.82) is 0 Å². The minimum atomic E-state index is 0.333. The summed E-state index contributed by atoms with van der Waals surface area (Å²) in [6.45, 7) is 5.28. The predicted octanol–water partition coefficient (Wildman–Crippen LogP) is 3.08. The van der Waals surface area contributed by atoms with Gasteiger partial charge in [-0.15, -0.1) is 0 Å². The normalized spacial score (nSPS) is 17.1. The van der Waals surface area contributed by atoms with Gasteiger partial charge in [0.1, 0.15) is 0 Å². The van der Waals surface area contributed by atoms with Crippen molar-refractivity contribution in [3.05, 3.63) is 53.2 Å². The van der Waals surface area contributed by atoms with E-state index in [1.54, 1.807) is 7.11 Å². The Balaban J connectivity index is 1.60. The summed E-state index contributed by atoms with van der Waals surface area (Å²) >= 11 is 6.12. The van der Waals surface area contributed by atoms with Crippen molar-refractivity contribution in [1.82, 2.24) is 15.6 Å². The van der Waals surface area contributed by atoms with Gasteiger partial charge in [0, 0.05) is 42.5 Å². The molecule has 144 valence electrons. The van der Waals surface area contributed by atoms with Crippen LogP contribution >= 0.6 is 11.6 Å². The molecule has 0 spiro atoms. The van der Waals surface area contributed by atoms with Crippen LogP contribution in [0.1, 0.15) is 19.0 Å². The number of ether oxygens (including phenoxy) is 1. The molecule has 1 saturated heterocycles. The number of hydrogen-bond acceptors (Lipinski definition) is 4. The van der Waals surface area contributed by atoms with Gasteiger partial charge >= 0.3 is 0 Å². The molecule has 3 rings (SSSR count). The lowest BCUT2D eigenvalue weighted by molar-refractivity contribution is 0.396. The van der Waals surface area contributed by atoms with Crippen LogP contribution in [0.4, 0.5) is 5.69 Å². The average molecular weight is 388 g/mol. The van der Waals surface area contributed by atoms with E-state index in [1.807, 2.05) is 36.4 Å². The summed E-state index contributed by atoms with van der Waals surface area (Å²) in [4.78, 5) is 11.4. The van der Waals surface area contributed by atoms with E-state index in [4.69, 9.17) is 16.3 Å². The van der Waals surface area contributed by atoms with E-state index in [2.05, 4.69) is 38.5 Å². The van der Waals surface area contributed by atoms with E-state index in [0.29, 0.717) is 18.5 Å². The summed E-state index contributed by atoms with van der Waals surface area (Å²) in [5.74, 6) is 1.41. The fourth-order valence-electron chi connectivity index (χ4n) is 3.12. The lowest BCUT2D eigenvalue weighted by atomic mass is 10.2. The summed E-state index contributed by atoms with van der Waals surface area (Å²) in [7, 11) is 1.62. The standard InChI is InChI=1S/C20H26ClN5O/c1-3-22-20(23-13-16-7-5-9-19(24-16)27-2)25-17-10-11-26(14-17)18-8-4-6-15(21)12-18/h4-9,12,17H,3,10-11,13-14H2,1-2H3,(H2,22,23,25). The third kappa shape index (κ3) is 5.50. The summed E-state index contributed by atoms with van der Waals surface area (Å²) in [6, 6.07) is 14.0. The van der Waals surface area contributed by atoms with E-state index in [9.17, 15) is 0 Å². The zero-order valence-corrected chi connectivity index (χ0v) is 16.5. The maximum absolute atomic E-state index is 6.12. The first-order valence-corrected chi connectivity index (χ1v) is 9.61. The van der Waals surface area contributed by atoms with E-state index < -0.39 is 0 Å². The predicted molar refractivity (Wildman–Crippen MR) is 111 cm³/mol. The van der Waals surface area contributed by atoms with Crippen LogP contribution in [-0.4, -0.2) is 43.7 Å². The van der Waals surface area contributed by atoms with Gasteiger partial charge in [0.05, 0.1) is 19.3 Å². The van der Waals surface area contributed by atoms with Crippen LogP contribution < -0.4 is 20.3 Å². The molecule has 1 aromatic heterocycles. The van der Waals surface area contributed by atoms with Crippen LogP contribution in [0.25, 0.3) is 0 Å². The van der Waals surface area contributed by atoms with Gasteiger partial charge in [-0.05, 0) is 37.6 Å². The Hall–Kier alpha value is -2.47. The van der Waals surface area contributed by atoms with Gasteiger partial charge < -0.3 is 20.3 Å². The number of aromatic nitrogens is 1. The van der Waals surface area contributed by atoms with Crippen LogP contribution in [0.15, 0.2) is 47.5 Å². The molecule has 1 aliphatic rings. The first-order chi connectivity index (χ1) is 13.2. The molecule has 1 unspecified atom stereocenters. The molecular formula is C20H26ClN5O. The molecule has 1 fully saturated rings. The van der Waals surface area contributed by atoms with E-state index in [0.717, 1.165) is 48.4 Å². The third-order valence-corrected chi connectivity index (χ3v) is 4.67. The Morgan fingerprint density at radius 1 is 1.33 bits per heavy atom. The molecule has 0 aliphatic carbocycles. The zero-order valence-electron chi connectivity index (χ0n) is 15.8. The molecule has 2 aromatic rings. The number of guanidine groups is 1. The molecule has 0 bridgehead atoms. The number of aliphatic imine (C=N–C) groups is 1. The van der Waals surface area contributed by atoms with Crippen LogP contribution in [0.2, 0.25) is 5.02 Å². The molecular weight excluding hydrogens is 362 g/mol. The second kappa shape index (κ2) is 9.46. The smallest absolute Gasteiger partial charge is 0.213 e. The van der Waals surface area contributed by atoms with Gasteiger partial charge in [-0.1, -0.05) is 23.7 Å². The second-order valence-electron chi connectivity index (χ2n) is 6.42. The van der Waals surface area contributed by atoms with Crippen molar-refractivity contribution < 1.29 is 4.74 Å². The zero-order chi connectivity index (χ0) is 19.1. The van der Waals surface area contributed by atoms with Crippen molar-refractivity contribution in [2.24, 2.45) is 4.99 Å². The third-order valence-electron chi connectivity index (χ3n) is 4.44. The Morgan fingerprint density at radius 3 is 2.96 bits per heavy atom. The highest BCUT2D eigenvalue weighted by molar-refractivity contribution is 6.30. The summed E-state index contributed by atoms with van der Waals surface area (Å²) in [5.41, 5.74) is 2.04. The average Bonchev–Trinajstić information content (AvgIpc) is 3.15. The Bertz CT molecular complexity index is 782. The molecule has 2 heterocycles. The molecule has 1 aliphatic heterocycles. The van der Waals surface area contributed by atoms with E-state index >= 15 is 0 Å². The van der Waals surface area contributed by atoms with Gasteiger partial charge in [-0.2, -0.15) is 0 Å². The highest BCUT2D eigenvalue weighted by atomic mass is 35.5. The number of nitrogens with one attached hydrogen (secondary N) is 2. The number of anilines is 1. The van der Waals surface area contributed by atoms with E-state index in [-0.39, 0.29) is 0 Å². The summed E-state index contributed by atoms with van der Waals surface area (Å²) in [5, 5.41) is 7.62. The first-order valence-electron chi connectivity index (χ1n) is 9.23. The van der Waals surface area contributed by atoms with Crippen molar-refractivity contribution in [3.8, 4) is 5.88 Å². The molecule has 27 heavy (non-hydrogen) atoms. The molecule has 7 heteroatoms.